The number of para-hydroxylation sites is 2. The number of anilines is 2. The molecule has 2 atom stereocenters. The van der Waals surface area contributed by atoms with Gasteiger partial charge in [-0.25, -0.2) is 4.79 Å². The van der Waals surface area contributed by atoms with Crippen LogP contribution in [0.15, 0.2) is 65.9 Å². The van der Waals surface area contributed by atoms with Gasteiger partial charge in [0.1, 0.15) is 6.10 Å². The zero-order valence-corrected chi connectivity index (χ0v) is 12.9. The fraction of sp³-hybridized carbons (Fsp3) is 0.211. The van der Waals surface area contributed by atoms with Gasteiger partial charge in [0.05, 0.1) is 23.0 Å². The number of cyclic esters (lactones) is 1. The van der Waals surface area contributed by atoms with Crippen LogP contribution in [0, 0.1) is 0 Å². The Morgan fingerprint density at radius 2 is 1.70 bits per heavy atom. The molecule has 0 saturated carbocycles. The molecule has 0 amide bonds. The van der Waals surface area contributed by atoms with Crippen molar-refractivity contribution < 1.29 is 9.53 Å². The lowest BCUT2D eigenvalue weighted by Crippen LogP contribution is -2.30. The highest BCUT2D eigenvalue weighted by Crippen LogP contribution is 2.39. The van der Waals surface area contributed by atoms with E-state index in [1.54, 1.807) is 0 Å². The second kappa shape index (κ2) is 5.47. The first kappa shape index (κ1) is 13.9. The summed E-state index contributed by atoms with van der Waals surface area (Å²) in [5.41, 5.74) is 4.63. The molecular formula is C19H18N2O2. The number of carbonyl (C=O) groups excluding carboxylic acids is 1. The molecule has 0 bridgehead atoms. The molecule has 23 heavy (non-hydrogen) atoms. The maximum Gasteiger partial charge on any atom is 0.338 e. The molecule has 2 heterocycles. The van der Waals surface area contributed by atoms with Gasteiger partial charge >= 0.3 is 5.97 Å². The van der Waals surface area contributed by atoms with Crippen LogP contribution in [0.2, 0.25) is 0 Å². The zero-order valence-electron chi connectivity index (χ0n) is 12.9. The van der Waals surface area contributed by atoms with Gasteiger partial charge in [0.15, 0.2) is 0 Å². The molecule has 0 saturated heterocycles. The van der Waals surface area contributed by atoms with Crippen LogP contribution in [0.4, 0.5) is 11.4 Å². The molecular weight excluding hydrogens is 288 g/mol. The van der Waals surface area contributed by atoms with E-state index in [2.05, 4.69) is 10.6 Å². The highest BCUT2D eigenvalue weighted by atomic mass is 16.5. The van der Waals surface area contributed by atoms with Crippen LogP contribution in [0.5, 0.6) is 0 Å². The Balaban J connectivity index is 1.88. The smallest absolute Gasteiger partial charge is 0.338 e. The molecule has 0 fully saturated rings. The number of hydrogen-bond donors (Lipinski definition) is 2. The van der Waals surface area contributed by atoms with Crippen molar-refractivity contribution in [2.75, 3.05) is 10.6 Å². The van der Waals surface area contributed by atoms with E-state index in [-0.39, 0.29) is 18.1 Å². The van der Waals surface area contributed by atoms with E-state index in [1.165, 1.54) is 0 Å². The van der Waals surface area contributed by atoms with E-state index in [4.69, 9.17) is 4.74 Å². The monoisotopic (exact) mass is 306 g/mol. The zero-order chi connectivity index (χ0) is 15.8. The predicted molar refractivity (Wildman–Crippen MR) is 90.1 cm³/mol. The summed E-state index contributed by atoms with van der Waals surface area (Å²) in [4.78, 5) is 12.6. The summed E-state index contributed by atoms with van der Waals surface area (Å²) < 4.78 is 5.48. The van der Waals surface area contributed by atoms with Gasteiger partial charge in [-0.1, -0.05) is 42.5 Å². The average molecular weight is 306 g/mol. The molecule has 4 nitrogen and oxygen atoms in total. The maximum atomic E-state index is 12.6. The lowest BCUT2D eigenvalue weighted by Gasteiger charge is -2.28. The van der Waals surface area contributed by atoms with Crippen molar-refractivity contribution >= 4 is 17.3 Å². The first-order valence-corrected chi connectivity index (χ1v) is 7.84. The molecule has 2 aromatic carbocycles. The molecule has 0 aromatic heterocycles. The molecule has 2 aromatic rings. The fourth-order valence-electron chi connectivity index (χ4n) is 3.22. The Bertz CT molecular complexity index is 783. The predicted octanol–water partition coefficient (Wildman–Crippen LogP) is 3.85. The third kappa shape index (κ3) is 2.46. The number of hydrogen-bond acceptors (Lipinski definition) is 4. The van der Waals surface area contributed by atoms with Gasteiger partial charge in [-0.2, -0.15) is 0 Å². The standard InChI is InChI=1S/C19H18N2O2/c1-12-11-16-17(19(22)23-12)18(13-7-3-2-4-8-13)21-15-10-6-5-9-14(15)20-16/h2-10,12,18,20-21H,11H2,1H3/t12-,18+/m1/s1. The summed E-state index contributed by atoms with van der Waals surface area (Å²) in [6.07, 6.45) is 0.580. The van der Waals surface area contributed by atoms with Gasteiger partial charge in [-0.15, -0.1) is 0 Å². The van der Waals surface area contributed by atoms with Crippen LogP contribution in [0.25, 0.3) is 0 Å². The van der Waals surface area contributed by atoms with Crippen molar-refractivity contribution in [1.29, 1.82) is 0 Å². The van der Waals surface area contributed by atoms with E-state index in [0.717, 1.165) is 22.6 Å². The number of fused-ring (bicyclic) bond motifs is 1. The minimum atomic E-state index is -0.250. The van der Waals surface area contributed by atoms with Gasteiger partial charge in [-0.3, -0.25) is 0 Å². The number of rotatable bonds is 1. The first-order chi connectivity index (χ1) is 11.2. The summed E-state index contributed by atoms with van der Waals surface area (Å²) in [6.45, 7) is 1.92. The number of esters is 1. The lowest BCUT2D eigenvalue weighted by molar-refractivity contribution is -0.145. The van der Waals surface area contributed by atoms with E-state index in [0.29, 0.717) is 12.0 Å². The van der Waals surface area contributed by atoms with E-state index in [1.807, 2.05) is 61.5 Å². The molecule has 2 N–H and O–H groups in total. The Labute approximate surface area is 135 Å². The fourth-order valence-corrected chi connectivity index (χ4v) is 3.22. The molecule has 2 aliphatic rings. The SMILES string of the molecule is C[C@@H]1CC2=C(C(=O)O1)[C@H](c1ccccc1)Nc1ccccc1N2. The topological polar surface area (TPSA) is 50.4 Å². The van der Waals surface area contributed by atoms with Gasteiger partial charge in [0.25, 0.3) is 0 Å². The lowest BCUT2D eigenvalue weighted by atomic mass is 9.93. The Morgan fingerprint density at radius 3 is 2.48 bits per heavy atom. The van der Waals surface area contributed by atoms with Crippen LogP contribution in [-0.2, 0) is 9.53 Å². The second-order valence-corrected chi connectivity index (χ2v) is 5.97. The van der Waals surface area contributed by atoms with Crippen molar-refractivity contribution in [3.63, 3.8) is 0 Å². The molecule has 4 rings (SSSR count). The van der Waals surface area contributed by atoms with Crippen LogP contribution in [-0.4, -0.2) is 12.1 Å². The molecule has 0 unspecified atom stereocenters. The normalized spacial score (nSPS) is 22.9. The first-order valence-electron chi connectivity index (χ1n) is 7.84. The highest BCUT2D eigenvalue weighted by Gasteiger charge is 2.35. The van der Waals surface area contributed by atoms with Crippen molar-refractivity contribution in [2.45, 2.75) is 25.5 Å². The largest absolute Gasteiger partial charge is 0.459 e. The molecule has 116 valence electrons. The van der Waals surface area contributed by atoms with Crippen molar-refractivity contribution in [3.8, 4) is 0 Å². The van der Waals surface area contributed by atoms with Crippen LogP contribution < -0.4 is 10.6 Å². The number of carbonyl (C=O) groups is 1. The van der Waals surface area contributed by atoms with Crippen LogP contribution >= 0.6 is 0 Å². The number of ether oxygens (including phenoxy) is 1. The van der Waals surface area contributed by atoms with E-state index >= 15 is 0 Å². The van der Waals surface area contributed by atoms with Crippen molar-refractivity contribution in [2.24, 2.45) is 0 Å². The molecule has 0 radical (unpaired) electrons. The molecule has 0 spiro atoms. The molecule has 2 aliphatic heterocycles. The van der Waals surface area contributed by atoms with Gasteiger partial charge in [-0.05, 0) is 24.6 Å². The Morgan fingerprint density at radius 1 is 1.00 bits per heavy atom. The second-order valence-electron chi connectivity index (χ2n) is 5.97. The van der Waals surface area contributed by atoms with Gasteiger partial charge in [0.2, 0.25) is 0 Å². The van der Waals surface area contributed by atoms with Gasteiger partial charge < -0.3 is 15.4 Å². The van der Waals surface area contributed by atoms with Crippen molar-refractivity contribution in [1.82, 2.24) is 0 Å². The minimum Gasteiger partial charge on any atom is -0.459 e. The van der Waals surface area contributed by atoms with E-state index < -0.39 is 0 Å². The average Bonchev–Trinajstić information content (AvgIpc) is 2.72. The Hall–Kier alpha value is -2.75. The third-order valence-corrected chi connectivity index (χ3v) is 4.28. The minimum absolute atomic E-state index is 0.115. The van der Waals surface area contributed by atoms with E-state index in [9.17, 15) is 4.79 Å². The number of nitrogens with one attached hydrogen (secondary N) is 2. The third-order valence-electron chi connectivity index (χ3n) is 4.28. The highest BCUT2D eigenvalue weighted by molar-refractivity contribution is 5.95. The maximum absolute atomic E-state index is 12.6. The summed E-state index contributed by atoms with van der Waals surface area (Å²) in [7, 11) is 0. The summed E-state index contributed by atoms with van der Waals surface area (Å²) in [5.74, 6) is -0.250. The number of benzene rings is 2. The summed E-state index contributed by atoms with van der Waals surface area (Å²) in [6, 6.07) is 17.8. The summed E-state index contributed by atoms with van der Waals surface area (Å²) in [5, 5.41) is 6.94. The van der Waals surface area contributed by atoms with Crippen molar-refractivity contribution in [3.05, 3.63) is 71.4 Å². The quantitative estimate of drug-likeness (QED) is 0.786. The van der Waals surface area contributed by atoms with Gasteiger partial charge in [0, 0.05) is 12.1 Å². The molecule has 0 aliphatic carbocycles. The van der Waals surface area contributed by atoms with Crippen LogP contribution in [0.3, 0.4) is 0 Å². The van der Waals surface area contributed by atoms with Crippen LogP contribution in [0.1, 0.15) is 24.9 Å². The Kier molecular flexibility index (Phi) is 3.30. The summed E-state index contributed by atoms with van der Waals surface area (Å²) >= 11 is 0. The molecule has 4 heteroatoms.